The van der Waals surface area contributed by atoms with Crippen LogP contribution in [0.25, 0.3) is 10.9 Å². The third kappa shape index (κ3) is 3.42. The van der Waals surface area contributed by atoms with Gasteiger partial charge in [0.25, 0.3) is 0 Å². The van der Waals surface area contributed by atoms with Crippen LogP contribution in [0, 0.1) is 6.92 Å². The molecule has 4 heteroatoms. The molecule has 0 aliphatic heterocycles. The van der Waals surface area contributed by atoms with Crippen molar-refractivity contribution in [3.05, 3.63) is 69.9 Å². The van der Waals surface area contributed by atoms with E-state index in [4.69, 9.17) is 11.6 Å². The molecule has 128 valence electrons. The van der Waals surface area contributed by atoms with E-state index in [1.165, 1.54) is 22.2 Å². The molecule has 3 nitrogen and oxygen atoms in total. The minimum atomic E-state index is 0.0974. The van der Waals surface area contributed by atoms with Gasteiger partial charge in [-0.05, 0) is 49.4 Å². The molecular formula is C21H21ClN2O. The van der Waals surface area contributed by atoms with Crippen LogP contribution in [0.15, 0.2) is 42.5 Å². The smallest absolute Gasteiger partial charge is 0.224 e. The minimum absolute atomic E-state index is 0.0974. The Morgan fingerprint density at radius 1 is 1.24 bits per heavy atom. The molecule has 1 aliphatic carbocycles. The van der Waals surface area contributed by atoms with Crippen LogP contribution in [-0.2, 0) is 24.1 Å². The molecule has 0 saturated heterocycles. The highest BCUT2D eigenvalue weighted by Crippen LogP contribution is 2.30. The molecule has 0 spiro atoms. The lowest BCUT2D eigenvalue weighted by Gasteiger charge is -2.23. The van der Waals surface area contributed by atoms with Gasteiger partial charge in [-0.2, -0.15) is 0 Å². The summed E-state index contributed by atoms with van der Waals surface area (Å²) in [4.78, 5) is 15.9. The Balaban J connectivity index is 1.46. The zero-order valence-corrected chi connectivity index (χ0v) is 15.0. The van der Waals surface area contributed by atoms with Crippen molar-refractivity contribution in [1.29, 1.82) is 0 Å². The van der Waals surface area contributed by atoms with E-state index in [1.807, 2.05) is 36.4 Å². The number of carbonyl (C=O) groups excluding carboxylic acids is 1. The second-order valence-corrected chi connectivity index (χ2v) is 7.38. The molecule has 2 N–H and O–H groups in total. The zero-order chi connectivity index (χ0) is 17.4. The molecule has 0 saturated carbocycles. The molecule has 1 aliphatic rings. The van der Waals surface area contributed by atoms with Crippen molar-refractivity contribution in [3.63, 3.8) is 0 Å². The highest BCUT2D eigenvalue weighted by atomic mass is 35.5. The first-order valence-corrected chi connectivity index (χ1v) is 9.10. The minimum Gasteiger partial charge on any atom is -0.358 e. The Labute approximate surface area is 152 Å². The number of aromatic nitrogens is 1. The van der Waals surface area contributed by atoms with Crippen molar-refractivity contribution in [3.8, 4) is 0 Å². The number of hydrogen-bond acceptors (Lipinski definition) is 1. The summed E-state index contributed by atoms with van der Waals surface area (Å²) in [6, 6.07) is 14.3. The second-order valence-electron chi connectivity index (χ2n) is 6.94. The number of carbonyl (C=O) groups is 1. The van der Waals surface area contributed by atoms with Gasteiger partial charge in [0.2, 0.25) is 5.91 Å². The number of amides is 1. The maximum absolute atomic E-state index is 12.4. The normalized spacial score (nSPS) is 16.6. The Bertz CT molecular complexity index is 927. The van der Waals surface area contributed by atoms with Crippen LogP contribution < -0.4 is 5.32 Å². The lowest BCUT2D eigenvalue weighted by molar-refractivity contribution is -0.121. The molecule has 1 aromatic heterocycles. The van der Waals surface area contributed by atoms with Crippen molar-refractivity contribution in [2.24, 2.45) is 0 Å². The number of benzene rings is 2. The fraction of sp³-hybridized carbons (Fsp3) is 0.286. The molecule has 4 rings (SSSR count). The van der Waals surface area contributed by atoms with E-state index >= 15 is 0 Å². The van der Waals surface area contributed by atoms with Gasteiger partial charge in [0.1, 0.15) is 0 Å². The largest absolute Gasteiger partial charge is 0.358 e. The van der Waals surface area contributed by atoms with Crippen LogP contribution in [0.5, 0.6) is 0 Å². The number of fused-ring (bicyclic) bond motifs is 3. The van der Waals surface area contributed by atoms with Gasteiger partial charge in [-0.1, -0.05) is 47.5 Å². The highest BCUT2D eigenvalue weighted by Gasteiger charge is 2.23. The summed E-state index contributed by atoms with van der Waals surface area (Å²) in [5.74, 6) is 0.0974. The number of aryl methyl sites for hydroxylation is 2. The molecule has 0 fully saturated rings. The van der Waals surface area contributed by atoms with Crippen LogP contribution in [0.2, 0.25) is 5.02 Å². The van der Waals surface area contributed by atoms with Crippen LogP contribution in [0.4, 0.5) is 0 Å². The van der Waals surface area contributed by atoms with Crippen LogP contribution in [-0.4, -0.2) is 16.9 Å². The standard InChI is InChI=1S/C21H21ClN2O/c1-13-2-4-14(5-3-13)10-21(25)23-16-7-9-19-18(12-16)17-8-6-15(22)11-20(17)24-19/h2-6,8,11,16,24H,7,9-10,12H2,1H3,(H,23,25). The van der Waals surface area contributed by atoms with E-state index in [0.717, 1.165) is 35.4 Å². The van der Waals surface area contributed by atoms with E-state index < -0.39 is 0 Å². The summed E-state index contributed by atoms with van der Waals surface area (Å²) in [6.07, 6.45) is 3.23. The Morgan fingerprint density at radius 2 is 2.04 bits per heavy atom. The number of hydrogen-bond donors (Lipinski definition) is 2. The first-order valence-electron chi connectivity index (χ1n) is 8.72. The Kier molecular flexibility index (Phi) is 4.26. The van der Waals surface area contributed by atoms with E-state index in [2.05, 4.69) is 23.3 Å². The number of halogens is 1. The molecule has 3 aromatic rings. The van der Waals surface area contributed by atoms with Crippen LogP contribution in [0.3, 0.4) is 0 Å². The SMILES string of the molecule is Cc1ccc(CC(=O)NC2CCc3[nH]c4cc(Cl)ccc4c3C2)cc1. The number of H-pyrrole nitrogens is 1. The van der Waals surface area contributed by atoms with Gasteiger partial charge in [-0.3, -0.25) is 4.79 Å². The van der Waals surface area contributed by atoms with E-state index in [9.17, 15) is 4.79 Å². The molecular weight excluding hydrogens is 332 g/mol. The summed E-state index contributed by atoms with van der Waals surface area (Å²) in [6.45, 7) is 2.05. The van der Waals surface area contributed by atoms with Gasteiger partial charge >= 0.3 is 0 Å². The van der Waals surface area contributed by atoms with Crippen LogP contribution >= 0.6 is 11.6 Å². The van der Waals surface area contributed by atoms with Crippen LogP contribution in [0.1, 0.15) is 28.8 Å². The lowest BCUT2D eigenvalue weighted by Crippen LogP contribution is -2.39. The summed E-state index contributed by atoms with van der Waals surface area (Å²) in [5, 5.41) is 5.17. The van der Waals surface area contributed by atoms with Gasteiger partial charge in [0.15, 0.2) is 0 Å². The van der Waals surface area contributed by atoms with Gasteiger partial charge in [-0.15, -0.1) is 0 Å². The van der Waals surface area contributed by atoms with Gasteiger partial charge < -0.3 is 10.3 Å². The lowest BCUT2D eigenvalue weighted by atomic mass is 9.91. The molecule has 0 radical (unpaired) electrons. The van der Waals surface area contributed by atoms with Crippen molar-refractivity contribution >= 4 is 28.4 Å². The fourth-order valence-corrected chi connectivity index (χ4v) is 3.86. The number of nitrogens with one attached hydrogen (secondary N) is 2. The molecule has 1 heterocycles. The third-order valence-electron chi connectivity index (χ3n) is 5.00. The summed E-state index contributed by atoms with van der Waals surface area (Å²) < 4.78 is 0. The number of aromatic amines is 1. The Morgan fingerprint density at radius 3 is 2.84 bits per heavy atom. The highest BCUT2D eigenvalue weighted by molar-refractivity contribution is 6.31. The van der Waals surface area contributed by atoms with Gasteiger partial charge in [0.05, 0.1) is 6.42 Å². The molecule has 0 bridgehead atoms. The van der Waals surface area contributed by atoms with Crippen molar-refractivity contribution < 1.29 is 4.79 Å². The topological polar surface area (TPSA) is 44.9 Å². The molecule has 2 aromatic carbocycles. The summed E-state index contributed by atoms with van der Waals surface area (Å²) in [7, 11) is 0. The van der Waals surface area contributed by atoms with Crippen molar-refractivity contribution in [2.45, 2.75) is 38.6 Å². The van der Waals surface area contributed by atoms with E-state index in [-0.39, 0.29) is 11.9 Å². The summed E-state index contributed by atoms with van der Waals surface area (Å²) in [5.41, 5.74) is 5.95. The molecule has 25 heavy (non-hydrogen) atoms. The zero-order valence-electron chi connectivity index (χ0n) is 14.2. The molecule has 1 unspecified atom stereocenters. The maximum atomic E-state index is 12.4. The molecule has 1 amide bonds. The third-order valence-corrected chi connectivity index (χ3v) is 5.24. The van der Waals surface area contributed by atoms with Gasteiger partial charge in [-0.25, -0.2) is 0 Å². The van der Waals surface area contributed by atoms with E-state index in [1.54, 1.807) is 0 Å². The molecule has 1 atom stereocenters. The quantitative estimate of drug-likeness (QED) is 0.723. The van der Waals surface area contributed by atoms with Crippen molar-refractivity contribution in [2.75, 3.05) is 0 Å². The first kappa shape index (κ1) is 16.2. The second kappa shape index (κ2) is 6.57. The van der Waals surface area contributed by atoms with E-state index in [0.29, 0.717) is 6.42 Å². The predicted octanol–water partition coefficient (Wildman–Crippen LogP) is 4.35. The summed E-state index contributed by atoms with van der Waals surface area (Å²) >= 11 is 6.09. The Hall–Kier alpha value is -2.26. The fourth-order valence-electron chi connectivity index (χ4n) is 3.69. The first-order chi connectivity index (χ1) is 12.1. The van der Waals surface area contributed by atoms with Crippen molar-refractivity contribution in [1.82, 2.24) is 10.3 Å². The predicted molar refractivity (Wildman–Crippen MR) is 102 cm³/mol. The average molecular weight is 353 g/mol. The maximum Gasteiger partial charge on any atom is 0.224 e. The average Bonchev–Trinajstić information content (AvgIpc) is 2.93. The van der Waals surface area contributed by atoms with Gasteiger partial charge in [0, 0.05) is 27.7 Å². The monoisotopic (exact) mass is 352 g/mol. The number of rotatable bonds is 3.